The topological polar surface area (TPSA) is 234 Å². The number of carbonyl (C=O) groups excluding carboxylic acids is 4. The maximum absolute atomic E-state index is 12.8. The molecule has 2 aliphatic heterocycles. The molecule has 2 saturated heterocycles. The van der Waals surface area contributed by atoms with Crippen LogP contribution in [0.1, 0.15) is 26.3 Å². The molecule has 16 nitrogen and oxygen atoms in total. The number of aliphatic hydroxyl groups excluding tert-OH is 4. The van der Waals surface area contributed by atoms with Gasteiger partial charge in [-0.05, 0) is 23.8 Å². The Balaban J connectivity index is 1.93. The molecule has 16 heteroatoms. The third-order valence-electron chi connectivity index (χ3n) is 6.39. The SMILES string of the molecule is CC(=O)OC[C@H]1O[C@H](O[C@]2(COC(C)=O)O[C@H](CO)[C@@H](O)[C@@H]2OC(=O)/C=C/c2ccc(O)cc2)[C@H](O)[C@@H](O)[C@@H]1OC(C)=O. The summed E-state index contributed by atoms with van der Waals surface area (Å²) in [6.07, 6.45) is -11.4. The first kappa shape index (κ1) is 33.9. The number of esters is 4. The van der Waals surface area contributed by atoms with E-state index in [0.29, 0.717) is 5.56 Å². The fraction of sp³-hybridized carbons (Fsp3) is 0.556. The standard InChI is InChI=1S/C27H34O16/c1-13(29)37-11-19-24(39-15(3)31)22(35)23(36)26(40-19)43-27(12-38-14(2)30)25(21(34)18(10-28)42-27)41-20(33)9-6-16-4-7-17(32)8-5-16/h4-9,18-19,21-26,28,32,34-36H,10-12H2,1-3H3/b9-6+/t18-,19-,21-,22-,23-,24-,25+,26-,27+/m1/s1. The summed E-state index contributed by atoms with van der Waals surface area (Å²) in [5, 5.41) is 51.8. The summed E-state index contributed by atoms with van der Waals surface area (Å²) >= 11 is 0. The zero-order valence-corrected chi connectivity index (χ0v) is 23.4. The van der Waals surface area contributed by atoms with Gasteiger partial charge in [0, 0.05) is 26.8 Å². The van der Waals surface area contributed by atoms with Crippen LogP contribution < -0.4 is 0 Å². The summed E-state index contributed by atoms with van der Waals surface area (Å²) in [6, 6.07) is 5.78. The summed E-state index contributed by atoms with van der Waals surface area (Å²) < 4.78 is 37.7. The Morgan fingerprint density at radius 1 is 0.884 bits per heavy atom. The second-order valence-electron chi connectivity index (χ2n) is 9.72. The lowest BCUT2D eigenvalue weighted by molar-refractivity contribution is -0.383. The summed E-state index contributed by atoms with van der Waals surface area (Å²) in [5.41, 5.74) is 0.502. The molecule has 1 aromatic rings. The van der Waals surface area contributed by atoms with Crippen LogP contribution in [0, 0.1) is 0 Å². The van der Waals surface area contributed by atoms with Crippen LogP contribution in [0.25, 0.3) is 6.08 Å². The third kappa shape index (κ3) is 8.70. The summed E-state index contributed by atoms with van der Waals surface area (Å²) in [4.78, 5) is 47.6. The van der Waals surface area contributed by atoms with Crippen LogP contribution in [0.2, 0.25) is 0 Å². The van der Waals surface area contributed by atoms with Gasteiger partial charge in [-0.1, -0.05) is 12.1 Å². The van der Waals surface area contributed by atoms with Crippen molar-refractivity contribution in [3.05, 3.63) is 35.9 Å². The van der Waals surface area contributed by atoms with Crippen molar-refractivity contribution in [1.29, 1.82) is 0 Å². The molecule has 0 unspecified atom stereocenters. The van der Waals surface area contributed by atoms with Crippen LogP contribution in [0.3, 0.4) is 0 Å². The summed E-state index contributed by atoms with van der Waals surface area (Å²) in [5.74, 6) is -5.90. The third-order valence-corrected chi connectivity index (χ3v) is 6.39. The first-order valence-electron chi connectivity index (χ1n) is 13.0. The van der Waals surface area contributed by atoms with Gasteiger partial charge < -0.3 is 58.7 Å². The number of carbonyl (C=O) groups is 4. The maximum atomic E-state index is 12.8. The summed E-state index contributed by atoms with van der Waals surface area (Å²) in [7, 11) is 0. The number of phenolic OH excluding ortho intramolecular Hbond substituents is 1. The Bertz CT molecular complexity index is 1170. The van der Waals surface area contributed by atoms with E-state index in [2.05, 4.69) is 0 Å². The second-order valence-corrected chi connectivity index (χ2v) is 9.72. The Hall–Kier alpha value is -3.64. The molecule has 9 atom stereocenters. The first-order valence-corrected chi connectivity index (χ1v) is 13.0. The molecule has 0 spiro atoms. The zero-order valence-electron chi connectivity index (χ0n) is 23.4. The van der Waals surface area contributed by atoms with Gasteiger partial charge in [-0.25, -0.2) is 4.79 Å². The fourth-order valence-electron chi connectivity index (χ4n) is 4.38. The smallest absolute Gasteiger partial charge is 0.331 e. The van der Waals surface area contributed by atoms with Crippen molar-refractivity contribution in [2.24, 2.45) is 0 Å². The van der Waals surface area contributed by atoms with E-state index in [1.54, 1.807) is 0 Å². The van der Waals surface area contributed by atoms with E-state index in [-0.39, 0.29) is 5.75 Å². The molecule has 5 N–H and O–H groups in total. The van der Waals surface area contributed by atoms with Gasteiger partial charge in [0.1, 0.15) is 49.5 Å². The van der Waals surface area contributed by atoms with Crippen molar-refractivity contribution in [2.45, 2.75) is 75.6 Å². The van der Waals surface area contributed by atoms with Crippen LogP contribution in [0.15, 0.2) is 30.3 Å². The van der Waals surface area contributed by atoms with E-state index in [1.807, 2.05) is 0 Å². The Kier molecular flexibility index (Phi) is 11.6. The van der Waals surface area contributed by atoms with Crippen molar-refractivity contribution < 1.29 is 77.9 Å². The number of hydrogen-bond acceptors (Lipinski definition) is 16. The Morgan fingerprint density at radius 3 is 2.12 bits per heavy atom. The largest absolute Gasteiger partial charge is 0.508 e. The van der Waals surface area contributed by atoms with Crippen LogP contribution >= 0.6 is 0 Å². The number of phenols is 1. The molecule has 0 aliphatic carbocycles. The zero-order chi connectivity index (χ0) is 31.9. The molecule has 0 bridgehead atoms. The molecular weight excluding hydrogens is 580 g/mol. The predicted octanol–water partition coefficient (Wildman–Crippen LogP) is -1.71. The highest BCUT2D eigenvalue weighted by atomic mass is 16.8. The summed E-state index contributed by atoms with van der Waals surface area (Å²) in [6.45, 7) is 0.936. The van der Waals surface area contributed by atoms with Gasteiger partial charge in [-0.15, -0.1) is 0 Å². The number of ether oxygens (including phenoxy) is 7. The van der Waals surface area contributed by atoms with Crippen LogP contribution in [0.5, 0.6) is 5.75 Å². The van der Waals surface area contributed by atoms with Gasteiger partial charge in [0.2, 0.25) is 5.79 Å². The number of aliphatic hydroxyl groups is 4. The molecule has 2 heterocycles. The van der Waals surface area contributed by atoms with E-state index in [0.717, 1.165) is 26.8 Å². The predicted molar refractivity (Wildman–Crippen MR) is 138 cm³/mol. The first-order chi connectivity index (χ1) is 20.3. The van der Waals surface area contributed by atoms with Gasteiger partial charge >= 0.3 is 23.9 Å². The molecule has 0 aromatic heterocycles. The highest BCUT2D eigenvalue weighted by molar-refractivity contribution is 5.87. The van der Waals surface area contributed by atoms with E-state index < -0.39 is 98.5 Å². The lowest BCUT2D eigenvalue weighted by Crippen LogP contribution is -2.64. The number of aromatic hydroxyl groups is 1. The van der Waals surface area contributed by atoms with Gasteiger partial charge in [-0.3, -0.25) is 14.4 Å². The van der Waals surface area contributed by atoms with E-state index in [9.17, 15) is 44.7 Å². The van der Waals surface area contributed by atoms with Crippen LogP contribution in [-0.2, 0) is 52.3 Å². The molecule has 1 aromatic carbocycles. The van der Waals surface area contributed by atoms with Gasteiger partial charge in [0.05, 0.1) is 6.61 Å². The van der Waals surface area contributed by atoms with E-state index in [1.165, 1.54) is 30.3 Å². The Labute approximate surface area is 245 Å². The highest BCUT2D eigenvalue weighted by Crippen LogP contribution is 2.39. The van der Waals surface area contributed by atoms with Crippen molar-refractivity contribution in [3.63, 3.8) is 0 Å². The lowest BCUT2D eigenvalue weighted by Gasteiger charge is -2.44. The maximum Gasteiger partial charge on any atom is 0.331 e. The van der Waals surface area contributed by atoms with Crippen LogP contribution in [-0.4, -0.2) is 124 Å². The van der Waals surface area contributed by atoms with Gasteiger partial charge in [0.15, 0.2) is 18.5 Å². The minimum Gasteiger partial charge on any atom is -0.508 e. The van der Waals surface area contributed by atoms with E-state index >= 15 is 0 Å². The van der Waals surface area contributed by atoms with Crippen LogP contribution in [0.4, 0.5) is 0 Å². The monoisotopic (exact) mass is 614 g/mol. The van der Waals surface area contributed by atoms with Crippen molar-refractivity contribution in [1.82, 2.24) is 0 Å². The molecule has 0 amide bonds. The van der Waals surface area contributed by atoms with Gasteiger partial charge in [0.25, 0.3) is 0 Å². The molecule has 238 valence electrons. The molecule has 43 heavy (non-hydrogen) atoms. The van der Waals surface area contributed by atoms with Crippen molar-refractivity contribution in [2.75, 3.05) is 19.8 Å². The van der Waals surface area contributed by atoms with Crippen molar-refractivity contribution >= 4 is 30.0 Å². The molecular formula is C27H34O16. The molecule has 2 fully saturated rings. The quantitative estimate of drug-likeness (QED) is 0.106. The number of rotatable bonds is 11. The number of hydrogen-bond donors (Lipinski definition) is 5. The fourth-order valence-corrected chi connectivity index (χ4v) is 4.38. The molecule has 0 saturated carbocycles. The highest BCUT2D eigenvalue weighted by Gasteiger charge is 2.62. The Morgan fingerprint density at radius 2 is 1.53 bits per heavy atom. The van der Waals surface area contributed by atoms with E-state index in [4.69, 9.17) is 33.2 Å². The molecule has 3 rings (SSSR count). The second kappa shape index (κ2) is 14.7. The minimum atomic E-state index is -2.42. The lowest BCUT2D eigenvalue weighted by atomic mass is 9.98. The number of benzene rings is 1. The average molecular weight is 615 g/mol. The average Bonchev–Trinajstić information content (AvgIpc) is 3.20. The normalized spacial score (nSPS) is 32.3. The molecule has 2 aliphatic rings. The van der Waals surface area contributed by atoms with Gasteiger partial charge in [-0.2, -0.15) is 0 Å². The minimum absolute atomic E-state index is 0.0000819. The van der Waals surface area contributed by atoms with Crippen molar-refractivity contribution in [3.8, 4) is 5.75 Å². The molecule has 0 radical (unpaired) electrons.